The van der Waals surface area contributed by atoms with Crippen LogP contribution in [0.5, 0.6) is 0 Å². The van der Waals surface area contributed by atoms with Crippen LogP contribution < -0.4 is 5.73 Å². The number of hydrogen-bond acceptors (Lipinski definition) is 4. The third kappa shape index (κ3) is 3.58. The molecule has 110 valence electrons. The van der Waals surface area contributed by atoms with Crippen molar-refractivity contribution >= 4 is 11.7 Å². The average Bonchev–Trinajstić information content (AvgIpc) is 2.49. The van der Waals surface area contributed by atoms with Gasteiger partial charge in [0.15, 0.2) is 0 Å². The first-order valence-corrected chi connectivity index (χ1v) is 6.42. The number of halogens is 1. The van der Waals surface area contributed by atoms with Gasteiger partial charge in [0.05, 0.1) is 12.2 Å². The van der Waals surface area contributed by atoms with E-state index < -0.39 is 11.8 Å². The van der Waals surface area contributed by atoms with E-state index in [9.17, 15) is 9.18 Å². The van der Waals surface area contributed by atoms with Crippen LogP contribution in [-0.4, -0.2) is 11.1 Å². The molecule has 0 bridgehead atoms. The number of nitrogen functional groups attached to an aromatic ring is 1. The highest BCUT2D eigenvalue weighted by atomic mass is 19.1. The molecule has 0 atom stereocenters. The third-order valence-electron chi connectivity index (χ3n) is 3.07. The lowest BCUT2D eigenvalue weighted by molar-refractivity contribution is 0.0467. The Bertz CT molecular complexity index is 653. The standard InChI is InChI=1S/C16H16FNO3/c1-10-6-13(18)7-14(15(10)17)16(20)21-9-12-4-2-11(8-19)3-5-12/h2-7,19H,8-9,18H2,1H3. The average molecular weight is 289 g/mol. The number of nitrogens with two attached hydrogens (primary N) is 1. The zero-order valence-electron chi connectivity index (χ0n) is 11.6. The van der Waals surface area contributed by atoms with E-state index >= 15 is 0 Å². The van der Waals surface area contributed by atoms with Crippen molar-refractivity contribution in [2.45, 2.75) is 20.1 Å². The van der Waals surface area contributed by atoms with Gasteiger partial charge in [-0.3, -0.25) is 0 Å². The highest BCUT2D eigenvalue weighted by Crippen LogP contribution is 2.18. The first-order valence-electron chi connectivity index (χ1n) is 6.42. The van der Waals surface area contributed by atoms with Crippen molar-refractivity contribution in [2.24, 2.45) is 0 Å². The van der Waals surface area contributed by atoms with E-state index in [4.69, 9.17) is 15.6 Å². The monoisotopic (exact) mass is 289 g/mol. The van der Waals surface area contributed by atoms with Crippen LogP contribution in [0, 0.1) is 12.7 Å². The van der Waals surface area contributed by atoms with Gasteiger partial charge in [-0.15, -0.1) is 0 Å². The summed E-state index contributed by atoms with van der Waals surface area (Å²) in [5.41, 5.74) is 7.57. The second kappa shape index (κ2) is 6.37. The number of anilines is 1. The Balaban J connectivity index is 2.08. The van der Waals surface area contributed by atoms with Crippen molar-refractivity contribution in [1.29, 1.82) is 0 Å². The molecule has 0 amide bonds. The second-order valence-electron chi connectivity index (χ2n) is 4.75. The number of aryl methyl sites for hydroxylation is 1. The van der Waals surface area contributed by atoms with Gasteiger partial charge in [-0.2, -0.15) is 0 Å². The topological polar surface area (TPSA) is 72.6 Å². The number of rotatable bonds is 4. The number of carbonyl (C=O) groups is 1. The maximum atomic E-state index is 13.9. The lowest BCUT2D eigenvalue weighted by Gasteiger charge is -2.08. The summed E-state index contributed by atoms with van der Waals surface area (Å²) in [5.74, 6) is -1.38. The fourth-order valence-corrected chi connectivity index (χ4v) is 1.91. The van der Waals surface area contributed by atoms with E-state index in [1.807, 2.05) is 0 Å². The molecule has 4 nitrogen and oxygen atoms in total. The van der Waals surface area contributed by atoms with E-state index in [1.165, 1.54) is 19.1 Å². The fourth-order valence-electron chi connectivity index (χ4n) is 1.91. The van der Waals surface area contributed by atoms with Crippen molar-refractivity contribution in [3.63, 3.8) is 0 Å². The van der Waals surface area contributed by atoms with Crippen molar-refractivity contribution in [3.8, 4) is 0 Å². The minimum absolute atomic E-state index is 0.0256. The Hall–Kier alpha value is -2.40. The van der Waals surface area contributed by atoms with Crippen LogP contribution in [0.3, 0.4) is 0 Å². The molecule has 0 aliphatic heterocycles. The molecule has 0 saturated carbocycles. The van der Waals surface area contributed by atoms with E-state index in [0.717, 1.165) is 11.1 Å². The van der Waals surface area contributed by atoms with Crippen molar-refractivity contribution in [3.05, 3.63) is 64.5 Å². The van der Waals surface area contributed by atoms with E-state index in [0.29, 0.717) is 11.3 Å². The summed E-state index contributed by atoms with van der Waals surface area (Å²) in [7, 11) is 0. The molecule has 2 aromatic carbocycles. The van der Waals surface area contributed by atoms with Crippen LogP contribution in [0.25, 0.3) is 0 Å². The van der Waals surface area contributed by atoms with Crippen LogP contribution in [-0.2, 0) is 18.0 Å². The van der Waals surface area contributed by atoms with Gasteiger partial charge >= 0.3 is 5.97 Å². The zero-order valence-corrected chi connectivity index (χ0v) is 11.6. The number of aliphatic hydroxyl groups is 1. The van der Waals surface area contributed by atoms with Gasteiger partial charge in [-0.1, -0.05) is 24.3 Å². The van der Waals surface area contributed by atoms with E-state index in [2.05, 4.69) is 0 Å². The molecule has 2 rings (SSSR count). The van der Waals surface area contributed by atoms with Gasteiger partial charge < -0.3 is 15.6 Å². The Morgan fingerprint density at radius 3 is 2.48 bits per heavy atom. The predicted molar refractivity (Wildman–Crippen MR) is 77.0 cm³/mol. The van der Waals surface area contributed by atoms with Crippen molar-refractivity contribution < 1.29 is 19.0 Å². The van der Waals surface area contributed by atoms with Crippen LogP contribution in [0.4, 0.5) is 10.1 Å². The molecule has 3 N–H and O–H groups in total. The number of benzene rings is 2. The van der Waals surface area contributed by atoms with Crippen LogP contribution >= 0.6 is 0 Å². The Morgan fingerprint density at radius 1 is 1.24 bits per heavy atom. The Labute approximate surface area is 122 Å². The molecule has 0 spiro atoms. The maximum absolute atomic E-state index is 13.9. The molecule has 0 saturated heterocycles. The van der Waals surface area contributed by atoms with Gasteiger partial charge in [0.2, 0.25) is 0 Å². The number of esters is 1. The lowest BCUT2D eigenvalue weighted by Crippen LogP contribution is -2.09. The molecule has 5 heteroatoms. The summed E-state index contributed by atoms with van der Waals surface area (Å²) in [6, 6.07) is 9.65. The normalized spacial score (nSPS) is 10.4. The molecule has 0 aromatic heterocycles. The van der Waals surface area contributed by atoms with Crippen LogP contribution in [0.15, 0.2) is 36.4 Å². The zero-order chi connectivity index (χ0) is 15.4. The summed E-state index contributed by atoms with van der Waals surface area (Å²) in [6.45, 7) is 1.52. The molecule has 0 heterocycles. The molecule has 0 aliphatic carbocycles. The number of hydrogen-bond donors (Lipinski definition) is 2. The smallest absolute Gasteiger partial charge is 0.341 e. The summed E-state index contributed by atoms with van der Waals surface area (Å²) in [6.07, 6.45) is 0. The molecule has 0 radical (unpaired) electrons. The summed E-state index contributed by atoms with van der Waals surface area (Å²) in [5, 5.41) is 8.94. The first-order chi connectivity index (χ1) is 10.0. The van der Waals surface area contributed by atoms with Gasteiger partial charge in [0.25, 0.3) is 0 Å². The minimum Gasteiger partial charge on any atom is -0.457 e. The molecule has 0 fully saturated rings. The van der Waals surface area contributed by atoms with E-state index in [-0.39, 0.29) is 18.8 Å². The van der Waals surface area contributed by atoms with Crippen molar-refractivity contribution in [2.75, 3.05) is 5.73 Å². The van der Waals surface area contributed by atoms with Crippen molar-refractivity contribution in [1.82, 2.24) is 0 Å². The Kier molecular flexibility index (Phi) is 4.55. The van der Waals surface area contributed by atoms with Crippen LogP contribution in [0.2, 0.25) is 0 Å². The largest absolute Gasteiger partial charge is 0.457 e. The highest BCUT2D eigenvalue weighted by Gasteiger charge is 2.16. The summed E-state index contributed by atoms with van der Waals surface area (Å²) < 4.78 is 19.0. The SMILES string of the molecule is Cc1cc(N)cc(C(=O)OCc2ccc(CO)cc2)c1F. The van der Waals surface area contributed by atoms with Gasteiger partial charge in [-0.05, 0) is 35.7 Å². The number of carbonyl (C=O) groups excluding carboxylic acids is 1. The highest BCUT2D eigenvalue weighted by molar-refractivity contribution is 5.91. The lowest BCUT2D eigenvalue weighted by atomic mass is 10.1. The molecule has 21 heavy (non-hydrogen) atoms. The molecule has 0 unspecified atom stereocenters. The van der Waals surface area contributed by atoms with E-state index in [1.54, 1.807) is 24.3 Å². The van der Waals surface area contributed by atoms with Gasteiger partial charge in [0.1, 0.15) is 12.4 Å². The summed E-state index contributed by atoms with van der Waals surface area (Å²) >= 11 is 0. The second-order valence-corrected chi connectivity index (χ2v) is 4.75. The fraction of sp³-hybridized carbons (Fsp3) is 0.188. The quantitative estimate of drug-likeness (QED) is 0.670. The molecule has 0 aliphatic rings. The first kappa shape index (κ1) is 15.0. The Morgan fingerprint density at radius 2 is 1.86 bits per heavy atom. The van der Waals surface area contributed by atoms with Crippen LogP contribution in [0.1, 0.15) is 27.0 Å². The maximum Gasteiger partial charge on any atom is 0.341 e. The molecular formula is C16H16FNO3. The van der Waals surface area contributed by atoms with Gasteiger partial charge in [0, 0.05) is 5.69 Å². The third-order valence-corrected chi connectivity index (χ3v) is 3.07. The molecule has 2 aromatic rings. The number of ether oxygens (including phenoxy) is 1. The molecular weight excluding hydrogens is 273 g/mol. The predicted octanol–water partition coefficient (Wildman–Crippen LogP) is 2.57. The van der Waals surface area contributed by atoms with Gasteiger partial charge in [-0.25, -0.2) is 9.18 Å². The minimum atomic E-state index is -0.755. The summed E-state index contributed by atoms with van der Waals surface area (Å²) in [4.78, 5) is 11.9. The number of aliphatic hydroxyl groups excluding tert-OH is 1.